The largest absolute Gasteiger partial charge is 0.303 e. The molecule has 3 aromatic rings. The van der Waals surface area contributed by atoms with Crippen LogP contribution in [0.3, 0.4) is 0 Å². The quantitative estimate of drug-likeness (QED) is 0.713. The molecule has 0 bridgehead atoms. The maximum absolute atomic E-state index is 13.9. The Kier molecular flexibility index (Phi) is 4.68. The lowest BCUT2D eigenvalue weighted by Gasteiger charge is -2.05. The normalized spacial score (nSPS) is 10.8. The Morgan fingerprint density at radius 3 is 2.83 bits per heavy atom. The summed E-state index contributed by atoms with van der Waals surface area (Å²) >= 11 is 9.34. The van der Waals surface area contributed by atoms with Gasteiger partial charge in [0, 0.05) is 30.0 Å². The molecule has 0 spiro atoms. The van der Waals surface area contributed by atoms with Crippen LogP contribution in [0.15, 0.2) is 41.1 Å². The van der Waals surface area contributed by atoms with Crippen LogP contribution in [0.4, 0.5) is 10.2 Å². The highest BCUT2D eigenvalue weighted by Gasteiger charge is 2.15. The van der Waals surface area contributed by atoms with E-state index >= 15 is 0 Å². The van der Waals surface area contributed by atoms with Gasteiger partial charge in [0.1, 0.15) is 5.82 Å². The Hall–Kier alpha value is -2.19. The smallest absolute Gasteiger partial charge is 0.277 e. The molecule has 9 heteroatoms. The number of aryl methyl sites for hydroxylation is 1. The van der Waals surface area contributed by atoms with Crippen molar-refractivity contribution < 1.29 is 9.18 Å². The molecule has 3 rings (SSSR count). The number of carbonyl (C=O) groups excluding carboxylic acids is 1. The van der Waals surface area contributed by atoms with Crippen molar-refractivity contribution in [2.75, 3.05) is 5.32 Å². The molecule has 2 heterocycles. The van der Waals surface area contributed by atoms with E-state index < -0.39 is 5.82 Å². The van der Waals surface area contributed by atoms with E-state index in [-0.39, 0.29) is 18.1 Å². The third-order valence-electron chi connectivity index (χ3n) is 3.28. The Balaban J connectivity index is 1.79. The predicted octanol–water partition coefficient (Wildman–Crippen LogP) is 3.47. The first-order valence-corrected chi connectivity index (χ1v) is 8.08. The van der Waals surface area contributed by atoms with E-state index in [1.165, 1.54) is 15.4 Å². The highest BCUT2D eigenvalue weighted by atomic mass is 79.9. The zero-order valence-corrected chi connectivity index (χ0v) is 14.8. The van der Waals surface area contributed by atoms with Crippen LogP contribution in [0.2, 0.25) is 5.02 Å². The average molecular weight is 413 g/mol. The second-order valence-electron chi connectivity index (χ2n) is 5.05. The highest BCUT2D eigenvalue weighted by molar-refractivity contribution is 9.10. The van der Waals surface area contributed by atoms with Crippen molar-refractivity contribution in [1.29, 1.82) is 0 Å². The van der Waals surface area contributed by atoms with E-state index in [9.17, 15) is 9.18 Å². The van der Waals surface area contributed by atoms with Gasteiger partial charge in [0.15, 0.2) is 11.5 Å². The summed E-state index contributed by atoms with van der Waals surface area (Å²) in [4.78, 5) is 12.1. The van der Waals surface area contributed by atoms with Crippen LogP contribution in [0.5, 0.6) is 0 Å². The van der Waals surface area contributed by atoms with Gasteiger partial charge in [-0.05, 0) is 34.1 Å². The molecule has 0 aliphatic rings. The van der Waals surface area contributed by atoms with E-state index in [0.29, 0.717) is 20.9 Å². The number of amides is 1. The average Bonchev–Trinajstić information content (AvgIpc) is 3.10. The zero-order valence-electron chi connectivity index (χ0n) is 12.5. The molecule has 0 unspecified atom stereocenters. The fourth-order valence-corrected chi connectivity index (χ4v) is 2.75. The molecule has 0 saturated carbocycles. The highest BCUT2D eigenvalue weighted by Crippen LogP contribution is 2.24. The number of halogens is 3. The van der Waals surface area contributed by atoms with Crippen LogP contribution < -0.4 is 5.32 Å². The fourth-order valence-electron chi connectivity index (χ4n) is 2.12. The van der Waals surface area contributed by atoms with Gasteiger partial charge in [-0.1, -0.05) is 17.7 Å². The first kappa shape index (κ1) is 16.7. The standard InChI is InChI=1S/C15H12BrClFN5O/c1-22-6-5-13(20-22)15(24)19-14-10(16)8-23(21-14)7-9-11(17)3-2-4-12(9)18/h2-6,8H,7H2,1H3,(H,19,21,24). The van der Waals surface area contributed by atoms with Crippen molar-refractivity contribution in [3.8, 4) is 0 Å². The number of hydrogen-bond donors (Lipinski definition) is 1. The van der Waals surface area contributed by atoms with Gasteiger partial charge in [0.05, 0.1) is 11.0 Å². The van der Waals surface area contributed by atoms with E-state index in [1.807, 2.05) is 0 Å². The topological polar surface area (TPSA) is 64.7 Å². The van der Waals surface area contributed by atoms with Gasteiger partial charge in [-0.25, -0.2) is 4.39 Å². The van der Waals surface area contributed by atoms with Crippen molar-refractivity contribution in [3.05, 3.63) is 63.2 Å². The summed E-state index contributed by atoms with van der Waals surface area (Å²) < 4.78 is 17.4. The molecule has 0 aliphatic heterocycles. The second-order valence-corrected chi connectivity index (χ2v) is 6.31. The zero-order chi connectivity index (χ0) is 17.3. The molecule has 6 nitrogen and oxygen atoms in total. The molecule has 0 aliphatic carbocycles. The number of anilines is 1. The summed E-state index contributed by atoms with van der Waals surface area (Å²) in [5.41, 5.74) is 0.605. The molecule has 1 aromatic carbocycles. The van der Waals surface area contributed by atoms with Crippen LogP contribution in [0.25, 0.3) is 0 Å². The molecule has 0 atom stereocenters. The van der Waals surface area contributed by atoms with Gasteiger partial charge in [0.2, 0.25) is 0 Å². The summed E-state index contributed by atoms with van der Waals surface area (Å²) in [6.45, 7) is 0.142. The third kappa shape index (κ3) is 3.49. The third-order valence-corrected chi connectivity index (χ3v) is 4.21. The lowest BCUT2D eigenvalue weighted by Crippen LogP contribution is -2.14. The van der Waals surface area contributed by atoms with Gasteiger partial charge < -0.3 is 5.32 Å². The number of nitrogens with one attached hydrogen (secondary N) is 1. The van der Waals surface area contributed by atoms with Crippen molar-refractivity contribution in [1.82, 2.24) is 19.6 Å². The Bertz CT molecular complexity index is 887. The lowest BCUT2D eigenvalue weighted by molar-refractivity contribution is 0.102. The first-order valence-electron chi connectivity index (χ1n) is 6.91. The number of carbonyl (C=O) groups is 1. The number of benzene rings is 1. The lowest BCUT2D eigenvalue weighted by atomic mass is 10.2. The number of aromatic nitrogens is 4. The summed E-state index contributed by atoms with van der Waals surface area (Å²) in [5, 5.41) is 11.2. The van der Waals surface area contributed by atoms with Crippen molar-refractivity contribution in [2.24, 2.45) is 7.05 Å². The molecule has 24 heavy (non-hydrogen) atoms. The van der Waals surface area contributed by atoms with E-state index in [2.05, 4.69) is 31.4 Å². The van der Waals surface area contributed by atoms with E-state index in [4.69, 9.17) is 11.6 Å². The predicted molar refractivity (Wildman–Crippen MR) is 91.6 cm³/mol. The number of hydrogen-bond acceptors (Lipinski definition) is 3. The SMILES string of the molecule is Cn1ccc(C(=O)Nc2nn(Cc3c(F)cccc3Cl)cc2Br)n1. The molecule has 0 saturated heterocycles. The van der Waals surface area contributed by atoms with E-state index in [0.717, 1.165) is 0 Å². The Morgan fingerprint density at radius 2 is 2.17 bits per heavy atom. The Morgan fingerprint density at radius 1 is 1.38 bits per heavy atom. The van der Waals surface area contributed by atoms with Crippen LogP contribution in [0, 0.1) is 5.82 Å². The Labute approximate surface area is 150 Å². The number of rotatable bonds is 4. The maximum atomic E-state index is 13.9. The molecule has 1 N–H and O–H groups in total. The van der Waals surface area contributed by atoms with Crippen molar-refractivity contribution >= 4 is 39.3 Å². The van der Waals surface area contributed by atoms with Gasteiger partial charge in [0.25, 0.3) is 5.91 Å². The monoisotopic (exact) mass is 411 g/mol. The first-order chi connectivity index (χ1) is 11.4. The summed E-state index contributed by atoms with van der Waals surface area (Å²) in [6.07, 6.45) is 3.31. The molecule has 2 aromatic heterocycles. The van der Waals surface area contributed by atoms with Gasteiger partial charge in [-0.3, -0.25) is 14.2 Å². The fraction of sp³-hybridized carbons (Fsp3) is 0.133. The minimum Gasteiger partial charge on any atom is -0.303 e. The molecular weight excluding hydrogens is 401 g/mol. The molecule has 0 radical (unpaired) electrons. The van der Waals surface area contributed by atoms with Crippen LogP contribution >= 0.6 is 27.5 Å². The molecular formula is C15H12BrClFN5O. The van der Waals surface area contributed by atoms with Gasteiger partial charge >= 0.3 is 0 Å². The van der Waals surface area contributed by atoms with Crippen LogP contribution in [0.1, 0.15) is 16.1 Å². The molecule has 1 amide bonds. The maximum Gasteiger partial charge on any atom is 0.277 e. The van der Waals surface area contributed by atoms with E-state index in [1.54, 1.807) is 37.6 Å². The minimum absolute atomic E-state index is 0.142. The molecule has 124 valence electrons. The minimum atomic E-state index is -0.409. The van der Waals surface area contributed by atoms with Crippen LogP contribution in [-0.2, 0) is 13.6 Å². The number of nitrogens with zero attached hydrogens (tertiary/aromatic N) is 4. The van der Waals surface area contributed by atoms with Crippen molar-refractivity contribution in [2.45, 2.75) is 6.54 Å². The summed E-state index contributed by atoms with van der Waals surface area (Å²) in [6, 6.07) is 6.09. The summed E-state index contributed by atoms with van der Waals surface area (Å²) in [7, 11) is 1.72. The second kappa shape index (κ2) is 6.74. The van der Waals surface area contributed by atoms with Crippen LogP contribution in [-0.4, -0.2) is 25.5 Å². The van der Waals surface area contributed by atoms with Crippen molar-refractivity contribution in [3.63, 3.8) is 0 Å². The van der Waals surface area contributed by atoms with Gasteiger partial charge in [-0.2, -0.15) is 10.2 Å². The summed E-state index contributed by atoms with van der Waals surface area (Å²) in [5.74, 6) is -0.475. The van der Waals surface area contributed by atoms with Gasteiger partial charge in [-0.15, -0.1) is 0 Å². The molecule has 0 fully saturated rings.